The number of carboxylic acids is 2. The van der Waals surface area contributed by atoms with E-state index in [2.05, 4.69) is 94.7 Å². The molecular formula is C83H126N20O22S. The minimum Gasteiger partial charge on any atom is -0.481 e. The Morgan fingerprint density at radius 3 is 1.46 bits per heavy atom. The SMILES string of the molecule is CC[C@H](C)[C@H](NC(=O)[C@H](Cc1ccccc1)NC(=O)[C@H](CC(C)C)NC(=O)CNC(=O)[C@@H](NC(=O)[C@H](CO)NC(=O)[C@H](CC(C)C)NC(=O)[C@H](Cc1c[nH]c2ccccc12)NC(=O)[C@@H](NC(=O)[C@@H](N)CCC(N)=O)[C@@H](C)O)C(C)C)C(=O)N[C@H](C(=O)N[C@@H](C)C(=O)N[C@@H](Cc1c[nH]cn1)C(=O)N[C@@H](CC(=O)O)C(=O)N[C@@H](C)C(=O)N[C@@H](CCSC)C(=O)O)C(C)C. The van der Waals surface area contributed by atoms with Gasteiger partial charge in [0.1, 0.15) is 84.6 Å². The predicted octanol–water partition coefficient (Wildman–Crippen LogP) is -3.41. The molecule has 2 aromatic carbocycles. The summed E-state index contributed by atoms with van der Waals surface area (Å²) >= 11 is 1.33. The van der Waals surface area contributed by atoms with Crippen molar-refractivity contribution in [2.75, 3.05) is 25.2 Å². The number of nitrogens with two attached hydrogens (primary N) is 2. The lowest BCUT2D eigenvalue weighted by Gasteiger charge is -2.30. The number of para-hydroxylation sites is 1. The van der Waals surface area contributed by atoms with Crippen LogP contribution in [-0.2, 0) is 106 Å². The number of aromatic amines is 2. The van der Waals surface area contributed by atoms with E-state index in [9.17, 15) is 107 Å². The molecule has 0 aliphatic rings. The Hall–Kier alpha value is -12.1. The number of benzene rings is 2. The van der Waals surface area contributed by atoms with Crippen molar-refractivity contribution in [2.45, 2.75) is 251 Å². The van der Waals surface area contributed by atoms with Crippen LogP contribution < -0.4 is 91.2 Å². The fourth-order valence-corrected chi connectivity index (χ4v) is 13.4. The van der Waals surface area contributed by atoms with E-state index in [-0.39, 0.29) is 75.3 Å². The average Bonchev–Trinajstić information content (AvgIpc) is 1.63. The Bertz CT molecular complexity index is 4380. The van der Waals surface area contributed by atoms with Gasteiger partial charge in [-0.2, -0.15) is 11.8 Å². The van der Waals surface area contributed by atoms with Crippen LogP contribution in [0.4, 0.5) is 0 Å². The summed E-state index contributed by atoms with van der Waals surface area (Å²) in [5.74, 6) is -20.3. The van der Waals surface area contributed by atoms with E-state index in [0.717, 1.165) is 0 Å². The van der Waals surface area contributed by atoms with Crippen molar-refractivity contribution < 1.29 is 107 Å². The number of thioether (sulfide) groups is 1. The van der Waals surface area contributed by atoms with Crippen LogP contribution in [0, 0.1) is 29.6 Å². The number of aliphatic hydroxyl groups is 2. The van der Waals surface area contributed by atoms with Gasteiger partial charge in [-0.1, -0.05) is 124 Å². The number of primary amides is 1. The van der Waals surface area contributed by atoms with Gasteiger partial charge in [0.15, 0.2) is 0 Å². The van der Waals surface area contributed by atoms with Gasteiger partial charge in [0.05, 0.1) is 43.7 Å². The fourth-order valence-electron chi connectivity index (χ4n) is 12.9. The van der Waals surface area contributed by atoms with Gasteiger partial charge < -0.3 is 122 Å². The van der Waals surface area contributed by atoms with E-state index in [1.54, 1.807) is 136 Å². The van der Waals surface area contributed by atoms with E-state index < -0.39 is 241 Å². The molecule has 0 spiro atoms. The number of rotatable bonds is 55. The van der Waals surface area contributed by atoms with Gasteiger partial charge in [0.2, 0.25) is 94.5 Å². The highest BCUT2D eigenvalue weighted by Gasteiger charge is 2.40. The number of aliphatic hydroxyl groups excluding tert-OH is 2. The molecule has 4 aromatic rings. The van der Waals surface area contributed by atoms with Crippen LogP contribution in [0.5, 0.6) is 0 Å². The number of carboxylic acid groups (broad SMARTS) is 2. The van der Waals surface area contributed by atoms with E-state index in [4.69, 9.17) is 11.5 Å². The summed E-state index contributed by atoms with van der Waals surface area (Å²) < 4.78 is 0. The lowest BCUT2D eigenvalue weighted by Crippen LogP contribution is -2.62. The second kappa shape index (κ2) is 52.6. The van der Waals surface area contributed by atoms with Gasteiger partial charge in [0, 0.05) is 49.0 Å². The maximum atomic E-state index is 14.8. The van der Waals surface area contributed by atoms with Crippen molar-refractivity contribution in [3.05, 3.63) is 90.1 Å². The minimum absolute atomic E-state index is 0.0202. The minimum atomic E-state index is -1.86. The van der Waals surface area contributed by atoms with E-state index in [1.165, 1.54) is 45.1 Å². The molecule has 0 fully saturated rings. The molecule has 0 saturated carbocycles. The summed E-state index contributed by atoms with van der Waals surface area (Å²) in [5.41, 5.74) is 13.1. The summed E-state index contributed by atoms with van der Waals surface area (Å²) in [7, 11) is 0. The standard InChI is InChI=1S/C83H126N20O22S/c1-15-44(10)67(81(122)101-66(43(8)9)80(121)91-46(12)70(111)94-59(33-50-36-86-39-89-50)76(117)97-60(34-64(108)109)72(113)90-45(11)69(110)93-54(83(124)125)27-28-126-14)102-77(118)57(31-48-21-17-16-18-22-48)96-73(114)55(29-40(2)3)92-63(107)37-88-79(120)65(42(6)7)100-78(119)61(38-104)99-74(115)56(30-41(4)5)95-75(116)58(32-49-35-87-53-24-20-19-23-51(49)53)98-82(123)68(47(13)105)103-71(112)52(84)25-26-62(85)106/h16-24,35-36,39-47,52,54-61,65-68,87,104-105H,15,25-34,37-38,84H2,1-14H3,(H2,85,106)(H,86,89)(H,88,120)(H,90,113)(H,91,121)(H,92,107)(H,93,110)(H,94,111)(H,95,116)(H,96,114)(H,97,117)(H,98,123)(H,99,115)(H,100,119)(H,101,122)(H,102,118)(H,103,112)(H,108,109)(H,124,125)/t44-,45-,46-,47+,52-,54-,55-,56-,57-,58-,59-,60-,61-,65-,66-,67-,68-/m0/s1. The molecule has 16 amide bonds. The number of carbonyl (C=O) groups is 18. The number of hydrogen-bond donors (Lipinski definition) is 23. The summed E-state index contributed by atoms with van der Waals surface area (Å²) in [6.07, 6.45) is 2.50. The lowest BCUT2D eigenvalue weighted by molar-refractivity contribution is -0.143. The first-order chi connectivity index (χ1) is 59.3. The van der Waals surface area contributed by atoms with Gasteiger partial charge in [-0.05, 0) is 105 Å². The third-order valence-electron chi connectivity index (χ3n) is 20.3. The van der Waals surface area contributed by atoms with Crippen LogP contribution in [0.25, 0.3) is 10.9 Å². The monoisotopic (exact) mass is 1790 g/mol. The number of fused-ring (bicyclic) bond motifs is 1. The number of carbonyl (C=O) groups excluding carboxylic acids is 16. The highest BCUT2D eigenvalue weighted by molar-refractivity contribution is 7.98. The first-order valence-corrected chi connectivity index (χ1v) is 43.0. The smallest absolute Gasteiger partial charge is 0.326 e. The Balaban J connectivity index is 1.49. The summed E-state index contributed by atoms with van der Waals surface area (Å²) in [6, 6.07) is -6.95. The molecule has 126 heavy (non-hydrogen) atoms. The molecule has 0 saturated heterocycles. The molecule has 696 valence electrons. The quantitative estimate of drug-likeness (QED) is 0.0205. The van der Waals surface area contributed by atoms with E-state index in [1.807, 2.05) is 0 Å². The van der Waals surface area contributed by atoms with Crippen LogP contribution >= 0.6 is 11.8 Å². The van der Waals surface area contributed by atoms with Crippen LogP contribution in [-0.4, -0.2) is 264 Å². The molecule has 0 radical (unpaired) electrons. The summed E-state index contributed by atoms with van der Waals surface area (Å²) in [4.78, 5) is 256. The van der Waals surface area contributed by atoms with Gasteiger partial charge in [-0.25, -0.2) is 9.78 Å². The Labute approximate surface area is 734 Å². The van der Waals surface area contributed by atoms with Crippen LogP contribution in [0.1, 0.15) is 152 Å². The Morgan fingerprint density at radius 2 is 0.921 bits per heavy atom. The Morgan fingerprint density at radius 1 is 0.468 bits per heavy atom. The Kier molecular flexibility index (Phi) is 44.4. The van der Waals surface area contributed by atoms with Crippen molar-refractivity contribution in [1.29, 1.82) is 0 Å². The number of hydrogen-bond acceptors (Lipinski definition) is 23. The number of aliphatic carboxylic acids is 2. The van der Waals surface area contributed by atoms with Crippen molar-refractivity contribution >= 4 is 129 Å². The maximum absolute atomic E-state index is 14.8. The average molecular weight is 1790 g/mol. The summed E-state index contributed by atoms with van der Waals surface area (Å²) in [5, 5.41) is 79.0. The van der Waals surface area contributed by atoms with Crippen molar-refractivity contribution in [3.8, 4) is 0 Å². The molecule has 0 unspecified atom stereocenters. The molecule has 0 aliphatic heterocycles. The first kappa shape index (κ1) is 106. The molecule has 42 nitrogen and oxygen atoms in total. The first-order valence-electron chi connectivity index (χ1n) is 41.6. The van der Waals surface area contributed by atoms with Crippen molar-refractivity contribution in [3.63, 3.8) is 0 Å². The highest BCUT2D eigenvalue weighted by Crippen LogP contribution is 2.21. The molecule has 17 atom stereocenters. The van der Waals surface area contributed by atoms with Gasteiger partial charge >= 0.3 is 11.9 Å². The maximum Gasteiger partial charge on any atom is 0.326 e. The second-order valence-electron chi connectivity index (χ2n) is 32.6. The number of aromatic nitrogens is 3. The number of imidazole rings is 1. The molecule has 0 aliphatic carbocycles. The van der Waals surface area contributed by atoms with E-state index >= 15 is 0 Å². The fraction of sp³-hybridized carbons (Fsp3) is 0.578. The molecule has 0 bridgehead atoms. The van der Waals surface area contributed by atoms with Crippen molar-refractivity contribution in [1.82, 2.24) is 94.7 Å². The topological polar surface area (TPSA) is 665 Å². The van der Waals surface area contributed by atoms with Crippen molar-refractivity contribution in [2.24, 2.45) is 41.1 Å². The zero-order valence-electron chi connectivity index (χ0n) is 73.4. The molecule has 4 rings (SSSR count). The normalized spacial score (nSPS) is 15.4. The van der Waals surface area contributed by atoms with Crippen LogP contribution in [0.2, 0.25) is 0 Å². The largest absolute Gasteiger partial charge is 0.481 e. The molecule has 43 heteroatoms. The molecular weight excluding hydrogens is 1660 g/mol. The van der Waals surface area contributed by atoms with Gasteiger partial charge in [-0.3, -0.25) is 81.5 Å². The number of H-pyrrole nitrogens is 2. The molecule has 2 heterocycles. The lowest BCUT2D eigenvalue weighted by atomic mass is 9.95. The zero-order chi connectivity index (χ0) is 94.5. The zero-order valence-corrected chi connectivity index (χ0v) is 74.2. The number of nitrogens with one attached hydrogen (secondary N) is 17. The van der Waals surface area contributed by atoms with Crippen LogP contribution in [0.15, 0.2) is 73.3 Å². The number of amides is 16. The van der Waals surface area contributed by atoms with E-state index in [0.29, 0.717) is 27.8 Å². The molecule has 25 N–H and O–H groups in total. The molecule has 2 aromatic heterocycles. The predicted molar refractivity (Wildman–Crippen MR) is 462 cm³/mol. The van der Waals surface area contributed by atoms with Gasteiger partial charge in [-0.15, -0.1) is 0 Å². The highest BCUT2D eigenvalue weighted by atomic mass is 32.2. The summed E-state index contributed by atoms with van der Waals surface area (Å²) in [6.45, 7) is 18.5. The van der Waals surface area contributed by atoms with Gasteiger partial charge in [0.25, 0.3) is 0 Å². The van der Waals surface area contributed by atoms with Crippen LogP contribution in [0.3, 0.4) is 0 Å². The third-order valence-corrected chi connectivity index (χ3v) is 21.0. The second-order valence-corrected chi connectivity index (χ2v) is 33.6. The number of nitrogens with zero attached hydrogens (tertiary/aromatic N) is 1. The third kappa shape index (κ3) is 35.5.